The van der Waals surface area contributed by atoms with Gasteiger partial charge >= 0.3 is 0 Å². The van der Waals surface area contributed by atoms with Gasteiger partial charge in [0, 0.05) is 17.5 Å². The minimum absolute atomic E-state index is 0.0357. The quantitative estimate of drug-likeness (QED) is 0.756. The Morgan fingerprint density at radius 2 is 2.13 bits per heavy atom. The van der Waals surface area contributed by atoms with Gasteiger partial charge < -0.3 is 10.3 Å². The Labute approximate surface area is 133 Å². The Balaban J connectivity index is 1.84. The molecule has 0 saturated carbocycles. The first kappa shape index (κ1) is 15.1. The maximum Gasteiger partial charge on any atom is 0.226 e. The zero-order chi connectivity index (χ0) is 16.2. The van der Waals surface area contributed by atoms with Gasteiger partial charge in [-0.2, -0.15) is 4.98 Å². The second-order valence-electron chi connectivity index (χ2n) is 5.20. The molecular formula is C16H17FN6. The molecular weight excluding hydrogens is 295 g/mol. The Kier molecular flexibility index (Phi) is 4.27. The molecule has 7 heteroatoms. The molecule has 6 nitrogen and oxygen atoms in total. The number of rotatable bonds is 5. The molecule has 0 aliphatic heterocycles. The molecule has 0 aliphatic carbocycles. The van der Waals surface area contributed by atoms with E-state index in [-0.39, 0.29) is 11.9 Å². The topological polar surface area (TPSA) is 79.4 Å². The van der Waals surface area contributed by atoms with Crippen LogP contribution in [-0.2, 0) is 0 Å². The van der Waals surface area contributed by atoms with Crippen LogP contribution in [0, 0.1) is 12.7 Å². The van der Waals surface area contributed by atoms with E-state index in [1.165, 1.54) is 18.5 Å². The van der Waals surface area contributed by atoms with Crippen LogP contribution >= 0.6 is 0 Å². The van der Waals surface area contributed by atoms with Crippen molar-refractivity contribution in [2.24, 2.45) is 0 Å². The molecule has 23 heavy (non-hydrogen) atoms. The van der Waals surface area contributed by atoms with Gasteiger partial charge in [0.25, 0.3) is 0 Å². The van der Waals surface area contributed by atoms with Crippen molar-refractivity contribution in [3.8, 4) is 11.4 Å². The summed E-state index contributed by atoms with van der Waals surface area (Å²) in [6, 6.07) is 6.13. The SMILES string of the molecule is CCC(Nc1ncnc(-c2cccc(F)c2)n1)c1ncc(C)[nH]1. The van der Waals surface area contributed by atoms with Crippen molar-refractivity contribution < 1.29 is 4.39 Å². The Hall–Kier alpha value is -2.83. The Bertz CT molecular complexity index is 801. The van der Waals surface area contributed by atoms with Crippen molar-refractivity contribution in [2.45, 2.75) is 26.3 Å². The summed E-state index contributed by atoms with van der Waals surface area (Å²) in [5.74, 6) is 1.36. The van der Waals surface area contributed by atoms with Crippen molar-refractivity contribution in [1.82, 2.24) is 24.9 Å². The fourth-order valence-electron chi connectivity index (χ4n) is 2.26. The van der Waals surface area contributed by atoms with Crippen molar-refractivity contribution in [2.75, 3.05) is 5.32 Å². The van der Waals surface area contributed by atoms with Crippen LogP contribution in [0.2, 0.25) is 0 Å². The molecule has 1 unspecified atom stereocenters. The number of hydrogen-bond donors (Lipinski definition) is 2. The van der Waals surface area contributed by atoms with E-state index in [1.807, 2.05) is 13.8 Å². The summed E-state index contributed by atoms with van der Waals surface area (Å²) in [6.45, 7) is 4.00. The summed E-state index contributed by atoms with van der Waals surface area (Å²) in [6.07, 6.45) is 4.01. The highest BCUT2D eigenvalue weighted by Gasteiger charge is 2.14. The molecule has 118 valence electrons. The van der Waals surface area contributed by atoms with Crippen molar-refractivity contribution >= 4 is 5.95 Å². The number of imidazole rings is 1. The number of aromatic nitrogens is 5. The van der Waals surface area contributed by atoms with Crippen LogP contribution in [0.15, 0.2) is 36.8 Å². The first-order valence-corrected chi connectivity index (χ1v) is 7.38. The summed E-state index contributed by atoms with van der Waals surface area (Å²) in [7, 11) is 0. The maximum atomic E-state index is 13.3. The van der Waals surface area contributed by atoms with Crippen LogP contribution in [0.1, 0.15) is 30.9 Å². The number of aryl methyl sites for hydroxylation is 1. The smallest absolute Gasteiger partial charge is 0.226 e. The second kappa shape index (κ2) is 6.51. The molecule has 0 radical (unpaired) electrons. The van der Waals surface area contributed by atoms with E-state index in [9.17, 15) is 4.39 Å². The fourth-order valence-corrected chi connectivity index (χ4v) is 2.26. The second-order valence-corrected chi connectivity index (χ2v) is 5.20. The summed E-state index contributed by atoms with van der Waals surface area (Å²) >= 11 is 0. The van der Waals surface area contributed by atoms with E-state index in [1.54, 1.807) is 18.3 Å². The molecule has 0 saturated heterocycles. The predicted octanol–water partition coefficient (Wildman–Crippen LogP) is 3.27. The van der Waals surface area contributed by atoms with Gasteiger partial charge in [0.1, 0.15) is 18.0 Å². The van der Waals surface area contributed by atoms with Gasteiger partial charge in [0.15, 0.2) is 5.82 Å². The first-order chi connectivity index (χ1) is 11.2. The van der Waals surface area contributed by atoms with E-state index in [2.05, 4.69) is 30.2 Å². The summed E-state index contributed by atoms with van der Waals surface area (Å²) in [4.78, 5) is 20.2. The minimum Gasteiger partial charge on any atom is -0.344 e. The zero-order valence-corrected chi connectivity index (χ0v) is 12.9. The van der Waals surface area contributed by atoms with Crippen LogP contribution in [-0.4, -0.2) is 24.9 Å². The summed E-state index contributed by atoms with van der Waals surface area (Å²) in [5.41, 5.74) is 1.61. The monoisotopic (exact) mass is 312 g/mol. The van der Waals surface area contributed by atoms with Crippen LogP contribution < -0.4 is 5.32 Å². The molecule has 0 aliphatic rings. The number of hydrogen-bond acceptors (Lipinski definition) is 5. The number of anilines is 1. The lowest BCUT2D eigenvalue weighted by atomic mass is 10.2. The van der Waals surface area contributed by atoms with Gasteiger partial charge in [-0.05, 0) is 25.5 Å². The van der Waals surface area contributed by atoms with E-state index in [0.717, 1.165) is 17.9 Å². The normalized spacial score (nSPS) is 12.1. The highest BCUT2D eigenvalue weighted by molar-refractivity contribution is 5.55. The lowest BCUT2D eigenvalue weighted by Crippen LogP contribution is -2.14. The first-order valence-electron chi connectivity index (χ1n) is 7.38. The number of benzene rings is 1. The molecule has 0 spiro atoms. The number of halogens is 1. The van der Waals surface area contributed by atoms with Gasteiger partial charge in [0.2, 0.25) is 5.95 Å². The van der Waals surface area contributed by atoms with Crippen molar-refractivity contribution in [1.29, 1.82) is 0 Å². The molecule has 2 N–H and O–H groups in total. The molecule has 2 aromatic heterocycles. The van der Waals surface area contributed by atoms with Gasteiger partial charge in [-0.25, -0.2) is 19.3 Å². The average molecular weight is 312 g/mol. The van der Waals surface area contributed by atoms with Gasteiger partial charge in [0.05, 0.1) is 6.04 Å². The summed E-state index contributed by atoms with van der Waals surface area (Å²) in [5, 5.41) is 3.23. The Morgan fingerprint density at radius 1 is 1.26 bits per heavy atom. The standard InChI is InChI=1S/C16H17FN6/c1-3-13(15-18-8-10(2)21-15)22-16-20-9-19-14(23-16)11-5-4-6-12(17)7-11/h4-9,13H,3H2,1-2H3,(H,18,21)(H,19,20,22,23). The maximum absolute atomic E-state index is 13.3. The Morgan fingerprint density at radius 3 is 2.83 bits per heavy atom. The minimum atomic E-state index is -0.324. The molecule has 3 rings (SSSR count). The summed E-state index contributed by atoms with van der Waals surface area (Å²) < 4.78 is 13.3. The molecule has 0 amide bonds. The largest absolute Gasteiger partial charge is 0.344 e. The third-order valence-corrected chi connectivity index (χ3v) is 3.42. The molecule has 2 heterocycles. The van der Waals surface area contributed by atoms with E-state index in [0.29, 0.717) is 17.3 Å². The number of aromatic amines is 1. The highest BCUT2D eigenvalue weighted by atomic mass is 19.1. The highest BCUT2D eigenvalue weighted by Crippen LogP contribution is 2.20. The van der Waals surface area contributed by atoms with Gasteiger partial charge in [-0.1, -0.05) is 19.1 Å². The number of nitrogens with zero attached hydrogens (tertiary/aromatic N) is 4. The van der Waals surface area contributed by atoms with E-state index >= 15 is 0 Å². The predicted molar refractivity (Wildman–Crippen MR) is 85.2 cm³/mol. The van der Waals surface area contributed by atoms with E-state index < -0.39 is 0 Å². The lowest BCUT2D eigenvalue weighted by molar-refractivity contribution is 0.628. The molecule has 1 aromatic carbocycles. The van der Waals surface area contributed by atoms with Crippen LogP contribution in [0.5, 0.6) is 0 Å². The van der Waals surface area contributed by atoms with Gasteiger partial charge in [-0.15, -0.1) is 0 Å². The molecule has 1 atom stereocenters. The number of H-pyrrole nitrogens is 1. The molecule has 0 bridgehead atoms. The molecule has 0 fully saturated rings. The third-order valence-electron chi connectivity index (χ3n) is 3.42. The average Bonchev–Trinajstić information content (AvgIpc) is 2.99. The number of nitrogens with one attached hydrogen (secondary N) is 2. The van der Waals surface area contributed by atoms with Crippen LogP contribution in [0.4, 0.5) is 10.3 Å². The fraction of sp³-hybridized carbons (Fsp3) is 0.250. The van der Waals surface area contributed by atoms with Crippen molar-refractivity contribution in [3.05, 3.63) is 54.1 Å². The van der Waals surface area contributed by atoms with Crippen LogP contribution in [0.3, 0.4) is 0 Å². The third kappa shape index (κ3) is 3.50. The lowest BCUT2D eigenvalue weighted by Gasteiger charge is -2.14. The molecule has 3 aromatic rings. The van der Waals surface area contributed by atoms with Crippen molar-refractivity contribution in [3.63, 3.8) is 0 Å². The van der Waals surface area contributed by atoms with E-state index in [4.69, 9.17) is 0 Å². The zero-order valence-electron chi connectivity index (χ0n) is 12.9. The van der Waals surface area contributed by atoms with Crippen LogP contribution in [0.25, 0.3) is 11.4 Å². The van der Waals surface area contributed by atoms with Gasteiger partial charge in [-0.3, -0.25) is 0 Å².